The summed E-state index contributed by atoms with van der Waals surface area (Å²) in [4.78, 5) is 16.7. The molecular weight excluding hydrogens is 358 g/mol. The number of hydrogen-bond donors (Lipinski definition) is 1. The molecule has 0 aliphatic rings. The Morgan fingerprint density at radius 3 is 2.85 bits per heavy atom. The number of aryl methyl sites for hydroxylation is 1. The van der Waals surface area contributed by atoms with E-state index in [2.05, 4.69) is 20.2 Å². The predicted octanol–water partition coefficient (Wildman–Crippen LogP) is 3.02. The molecule has 0 radical (unpaired) electrons. The third-order valence-electron chi connectivity index (χ3n) is 3.70. The standard InChI is InChI=1S/C18H16F2N4O3/c1-11-16(24-8-4-3-5-15(24)22-11)17(25)23-21-10-12-6-7-13(27-18(19)20)14(9-12)26-2/h3-10,18H,1-2H3,(H,23,25)/b21-10-. The minimum Gasteiger partial charge on any atom is -0.493 e. The van der Waals surface area contributed by atoms with Crippen LogP contribution in [0.15, 0.2) is 47.7 Å². The van der Waals surface area contributed by atoms with Crippen LogP contribution in [0.3, 0.4) is 0 Å². The van der Waals surface area contributed by atoms with E-state index in [9.17, 15) is 13.6 Å². The average Bonchev–Trinajstić information content (AvgIpc) is 2.98. The monoisotopic (exact) mass is 374 g/mol. The number of nitrogens with one attached hydrogen (secondary N) is 1. The Hall–Kier alpha value is -3.49. The maximum absolute atomic E-state index is 12.4. The largest absolute Gasteiger partial charge is 0.493 e. The summed E-state index contributed by atoms with van der Waals surface area (Å²) in [5, 5.41) is 3.90. The smallest absolute Gasteiger partial charge is 0.387 e. The summed E-state index contributed by atoms with van der Waals surface area (Å²) in [5.41, 5.74) is 4.56. The van der Waals surface area contributed by atoms with Gasteiger partial charge in [0, 0.05) is 6.20 Å². The van der Waals surface area contributed by atoms with Crippen LogP contribution >= 0.6 is 0 Å². The van der Waals surface area contributed by atoms with Crippen molar-refractivity contribution in [1.29, 1.82) is 0 Å². The molecular formula is C18H16F2N4O3. The van der Waals surface area contributed by atoms with Crippen molar-refractivity contribution in [2.45, 2.75) is 13.5 Å². The first-order chi connectivity index (χ1) is 13.0. The van der Waals surface area contributed by atoms with E-state index in [1.165, 1.54) is 31.5 Å². The van der Waals surface area contributed by atoms with Crippen LogP contribution in [0.5, 0.6) is 11.5 Å². The van der Waals surface area contributed by atoms with Crippen LogP contribution in [0.1, 0.15) is 21.7 Å². The van der Waals surface area contributed by atoms with Gasteiger partial charge in [-0.3, -0.25) is 9.20 Å². The zero-order valence-electron chi connectivity index (χ0n) is 14.5. The lowest BCUT2D eigenvalue weighted by Crippen LogP contribution is -2.20. The molecule has 0 atom stereocenters. The first-order valence-electron chi connectivity index (χ1n) is 7.89. The number of pyridine rings is 1. The molecule has 0 saturated carbocycles. The maximum Gasteiger partial charge on any atom is 0.387 e. The summed E-state index contributed by atoms with van der Waals surface area (Å²) in [7, 11) is 1.34. The van der Waals surface area contributed by atoms with Crippen molar-refractivity contribution in [2.75, 3.05) is 7.11 Å². The highest BCUT2D eigenvalue weighted by Crippen LogP contribution is 2.28. The van der Waals surface area contributed by atoms with Crippen LogP contribution in [0, 0.1) is 6.92 Å². The highest BCUT2D eigenvalue weighted by atomic mass is 19.3. The summed E-state index contributed by atoms with van der Waals surface area (Å²) < 4.78 is 35.7. The second-order valence-corrected chi connectivity index (χ2v) is 5.46. The molecule has 1 aromatic carbocycles. The minimum atomic E-state index is -2.95. The fraction of sp³-hybridized carbons (Fsp3) is 0.167. The number of aromatic nitrogens is 2. The number of fused-ring (bicyclic) bond motifs is 1. The number of amides is 1. The van der Waals surface area contributed by atoms with Crippen molar-refractivity contribution in [3.8, 4) is 11.5 Å². The molecule has 0 unspecified atom stereocenters. The van der Waals surface area contributed by atoms with Gasteiger partial charge in [0.05, 0.1) is 19.0 Å². The number of nitrogens with zero attached hydrogens (tertiary/aromatic N) is 3. The molecule has 3 rings (SSSR count). The van der Waals surface area contributed by atoms with Crippen molar-refractivity contribution in [3.05, 3.63) is 59.5 Å². The summed E-state index contributed by atoms with van der Waals surface area (Å²) >= 11 is 0. The van der Waals surface area contributed by atoms with E-state index < -0.39 is 12.5 Å². The van der Waals surface area contributed by atoms with Gasteiger partial charge in [0.25, 0.3) is 5.91 Å². The van der Waals surface area contributed by atoms with E-state index >= 15 is 0 Å². The number of ether oxygens (including phenoxy) is 2. The van der Waals surface area contributed by atoms with E-state index in [1.807, 2.05) is 6.07 Å². The number of rotatable bonds is 6. The van der Waals surface area contributed by atoms with Crippen LogP contribution in [0.4, 0.5) is 8.78 Å². The molecule has 0 aliphatic heterocycles. The Labute approximate surface area is 153 Å². The molecule has 0 fully saturated rings. The van der Waals surface area contributed by atoms with Crippen molar-refractivity contribution >= 4 is 17.8 Å². The molecule has 2 heterocycles. The lowest BCUT2D eigenvalue weighted by atomic mass is 10.2. The van der Waals surface area contributed by atoms with Gasteiger partial charge in [-0.2, -0.15) is 13.9 Å². The Morgan fingerprint density at radius 1 is 1.30 bits per heavy atom. The van der Waals surface area contributed by atoms with Gasteiger partial charge in [0.15, 0.2) is 11.5 Å². The number of benzene rings is 1. The molecule has 2 aromatic heterocycles. The molecule has 7 nitrogen and oxygen atoms in total. The third-order valence-corrected chi connectivity index (χ3v) is 3.70. The molecule has 3 aromatic rings. The van der Waals surface area contributed by atoms with Gasteiger partial charge in [0.2, 0.25) is 0 Å². The van der Waals surface area contributed by atoms with E-state index in [1.54, 1.807) is 29.7 Å². The molecule has 0 saturated heterocycles. The normalized spacial score (nSPS) is 11.3. The number of halogens is 2. The molecule has 0 spiro atoms. The Kier molecular flexibility index (Phi) is 5.30. The van der Waals surface area contributed by atoms with Crippen LogP contribution < -0.4 is 14.9 Å². The first-order valence-corrected chi connectivity index (χ1v) is 7.89. The van der Waals surface area contributed by atoms with Crippen molar-refractivity contribution in [3.63, 3.8) is 0 Å². The maximum atomic E-state index is 12.4. The number of hydrogen-bond acceptors (Lipinski definition) is 5. The molecule has 9 heteroatoms. The molecule has 0 aliphatic carbocycles. The zero-order chi connectivity index (χ0) is 19.4. The second kappa shape index (κ2) is 7.81. The van der Waals surface area contributed by atoms with E-state index in [4.69, 9.17) is 4.74 Å². The van der Waals surface area contributed by atoms with Gasteiger partial charge in [-0.15, -0.1) is 0 Å². The van der Waals surface area contributed by atoms with Gasteiger partial charge < -0.3 is 9.47 Å². The van der Waals surface area contributed by atoms with Crippen LogP contribution in [-0.2, 0) is 0 Å². The molecule has 27 heavy (non-hydrogen) atoms. The Balaban J connectivity index is 1.75. The number of alkyl halides is 2. The highest BCUT2D eigenvalue weighted by Gasteiger charge is 2.15. The Morgan fingerprint density at radius 2 is 2.11 bits per heavy atom. The molecule has 140 valence electrons. The number of carbonyl (C=O) groups excluding carboxylic acids is 1. The van der Waals surface area contributed by atoms with Gasteiger partial charge in [-0.25, -0.2) is 10.4 Å². The van der Waals surface area contributed by atoms with Gasteiger partial charge in [-0.05, 0) is 42.8 Å². The minimum absolute atomic E-state index is 0.0879. The lowest BCUT2D eigenvalue weighted by molar-refractivity contribution is -0.0512. The van der Waals surface area contributed by atoms with Crippen molar-refractivity contribution in [2.24, 2.45) is 5.10 Å². The SMILES string of the molecule is COc1cc(/C=N\NC(=O)c2c(C)nc3ccccn23)ccc1OC(F)F. The number of imidazole rings is 1. The summed E-state index contributed by atoms with van der Waals surface area (Å²) in [6, 6.07) is 9.73. The molecule has 0 bridgehead atoms. The predicted molar refractivity (Wildman–Crippen MR) is 94.6 cm³/mol. The van der Waals surface area contributed by atoms with Crippen LogP contribution in [0.25, 0.3) is 5.65 Å². The van der Waals surface area contributed by atoms with Gasteiger partial charge in [0.1, 0.15) is 11.3 Å². The van der Waals surface area contributed by atoms with E-state index in [0.29, 0.717) is 22.6 Å². The number of hydrazone groups is 1. The number of methoxy groups -OCH3 is 1. The van der Waals surface area contributed by atoms with Crippen molar-refractivity contribution < 1.29 is 23.0 Å². The number of carbonyl (C=O) groups is 1. The Bertz CT molecular complexity index is 1000. The fourth-order valence-corrected chi connectivity index (χ4v) is 2.56. The summed E-state index contributed by atoms with van der Waals surface area (Å²) in [5.74, 6) is -0.384. The zero-order valence-corrected chi connectivity index (χ0v) is 14.5. The third kappa shape index (κ3) is 4.02. The topological polar surface area (TPSA) is 77.2 Å². The summed E-state index contributed by atoms with van der Waals surface area (Å²) in [6.45, 7) is -1.22. The van der Waals surface area contributed by atoms with Crippen LogP contribution in [-0.4, -0.2) is 35.2 Å². The second-order valence-electron chi connectivity index (χ2n) is 5.46. The average molecular weight is 374 g/mol. The first kappa shape index (κ1) is 18.3. The molecule has 1 amide bonds. The van der Waals surface area contributed by atoms with Crippen molar-refractivity contribution in [1.82, 2.24) is 14.8 Å². The van der Waals surface area contributed by atoms with E-state index in [0.717, 1.165) is 0 Å². The fourth-order valence-electron chi connectivity index (χ4n) is 2.56. The quantitative estimate of drug-likeness (QED) is 0.532. The highest BCUT2D eigenvalue weighted by molar-refractivity contribution is 5.95. The van der Waals surface area contributed by atoms with Crippen LogP contribution in [0.2, 0.25) is 0 Å². The lowest BCUT2D eigenvalue weighted by Gasteiger charge is -2.09. The summed E-state index contributed by atoms with van der Waals surface area (Å²) in [6.07, 6.45) is 3.10. The van der Waals surface area contributed by atoms with Gasteiger partial charge >= 0.3 is 6.61 Å². The molecule has 1 N–H and O–H groups in total. The van der Waals surface area contributed by atoms with Gasteiger partial charge in [-0.1, -0.05) is 6.07 Å². The van der Waals surface area contributed by atoms with E-state index in [-0.39, 0.29) is 11.5 Å².